The van der Waals surface area contributed by atoms with E-state index < -0.39 is 0 Å². The van der Waals surface area contributed by atoms with E-state index in [-0.39, 0.29) is 5.41 Å². The molecule has 2 aromatic carbocycles. The number of likely N-dealkylation sites (tertiary alicyclic amines) is 1. The maximum Gasteiger partial charge on any atom is 0.0535 e. The summed E-state index contributed by atoms with van der Waals surface area (Å²) >= 11 is 6.00. The first-order chi connectivity index (χ1) is 12.2. The van der Waals surface area contributed by atoms with Gasteiger partial charge in [0.2, 0.25) is 0 Å². The van der Waals surface area contributed by atoms with Crippen molar-refractivity contribution in [1.82, 2.24) is 4.90 Å². The van der Waals surface area contributed by atoms with Crippen molar-refractivity contribution in [3.63, 3.8) is 0 Å². The highest BCUT2D eigenvalue weighted by Crippen LogP contribution is 2.36. The number of ether oxygens (including phenoxy) is 1. The average molecular weight is 358 g/mol. The minimum absolute atomic E-state index is 0.276. The summed E-state index contributed by atoms with van der Waals surface area (Å²) in [5.41, 5.74) is 3.03. The molecule has 3 heteroatoms. The Balaban J connectivity index is 1.61. The van der Waals surface area contributed by atoms with E-state index in [0.29, 0.717) is 0 Å². The van der Waals surface area contributed by atoms with Gasteiger partial charge in [-0.1, -0.05) is 54.1 Å². The summed E-state index contributed by atoms with van der Waals surface area (Å²) in [6.07, 6.45) is 3.53. The van der Waals surface area contributed by atoms with Gasteiger partial charge in [-0.15, -0.1) is 0 Å². The quantitative estimate of drug-likeness (QED) is 0.643. The zero-order chi connectivity index (χ0) is 17.5. The van der Waals surface area contributed by atoms with Gasteiger partial charge in [0, 0.05) is 30.1 Å². The van der Waals surface area contributed by atoms with Crippen LogP contribution in [0.5, 0.6) is 0 Å². The van der Waals surface area contributed by atoms with Crippen LogP contribution in [-0.4, -0.2) is 31.2 Å². The van der Waals surface area contributed by atoms with E-state index in [0.717, 1.165) is 44.3 Å². The average Bonchev–Trinajstić information content (AvgIpc) is 3.04. The highest BCUT2D eigenvalue weighted by molar-refractivity contribution is 6.30. The van der Waals surface area contributed by atoms with E-state index >= 15 is 0 Å². The summed E-state index contributed by atoms with van der Waals surface area (Å²) in [6, 6.07) is 19.0. The molecule has 0 unspecified atom stereocenters. The van der Waals surface area contributed by atoms with Crippen LogP contribution in [0, 0.1) is 5.41 Å². The lowest BCUT2D eigenvalue weighted by Crippen LogP contribution is -2.32. The molecular formula is C22H28ClNO. The lowest BCUT2D eigenvalue weighted by Gasteiger charge is -2.29. The maximum absolute atomic E-state index is 6.00. The van der Waals surface area contributed by atoms with Gasteiger partial charge in [0.05, 0.1) is 6.61 Å². The Morgan fingerprint density at radius 1 is 1.04 bits per heavy atom. The van der Waals surface area contributed by atoms with E-state index in [1.807, 2.05) is 12.1 Å². The molecule has 1 aliphatic heterocycles. The van der Waals surface area contributed by atoms with Crippen LogP contribution in [0.1, 0.15) is 30.9 Å². The normalized spacial score (nSPS) is 20.9. The van der Waals surface area contributed by atoms with Gasteiger partial charge in [-0.05, 0) is 56.0 Å². The van der Waals surface area contributed by atoms with Crippen LogP contribution >= 0.6 is 11.6 Å². The molecule has 1 heterocycles. The fraction of sp³-hybridized carbons (Fsp3) is 0.455. The van der Waals surface area contributed by atoms with E-state index in [1.54, 1.807) is 0 Å². The topological polar surface area (TPSA) is 12.5 Å². The van der Waals surface area contributed by atoms with Crippen LogP contribution in [-0.2, 0) is 17.7 Å². The van der Waals surface area contributed by atoms with Gasteiger partial charge in [0.25, 0.3) is 0 Å². The van der Waals surface area contributed by atoms with Crippen molar-refractivity contribution in [2.24, 2.45) is 5.41 Å². The molecule has 1 fully saturated rings. The monoisotopic (exact) mass is 357 g/mol. The van der Waals surface area contributed by atoms with Gasteiger partial charge in [-0.25, -0.2) is 0 Å². The number of hydrogen-bond acceptors (Lipinski definition) is 2. The van der Waals surface area contributed by atoms with Crippen molar-refractivity contribution in [2.75, 3.05) is 26.3 Å². The first-order valence-corrected chi connectivity index (χ1v) is 9.65. The fourth-order valence-corrected chi connectivity index (χ4v) is 3.90. The van der Waals surface area contributed by atoms with E-state index in [4.69, 9.17) is 16.3 Å². The van der Waals surface area contributed by atoms with Crippen LogP contribution in [0.4, 0.5) is 0 Å². The van der Waals surface area contributed by atoms with Crippen LogP contribution in [0.2, 0.25) is 5.02 Å². The maximum atomic E-state index is 6.00. The zero-order valence-electron chi connectivity index (χ0n) is 15.1. The summed E-state index contributed by atoms with van der Waals surface area (Å²) < 4.78 is 5.88. The standard InChI is InChI=1S/C22H28ClNO/c1-2-25-18-22(13-12-19-6-4-3-5-7-19)14-15-24(17-22)16-20-8-10-21(23)11-9-20/h3-11H,2,12-18H2,1H3/t22-/m0/s1. The Morgan fingerprint density at radius 2 is 1.80 bits per heavy atom. The molecule has 134 valence electrons. The summed E-state index contributed by atoms with van der Waals surface area (Å²) in [5.74, 6) is 0. The Kier molecular flexibility index (Phi) is 6.52. The number of hydrogen-bond donors (Lipinski definition) is 0. The second kappa shape index (κ2) is 8.84. The Morgan fingerprint density at radius 3 is 2.52 bits per heavy atom. The molecule has 0 aromatic heterocycles. The second-order valence-corrected chi connectivity index (χ2v) is 7.65. The molecule has 1 aliphatic rings. The first-order valence-electron chi connectivity index (χ1n) is 9.28. The van der Waals surface area contributed by atoms with Crippen molar-refractivity contribution < 1.29 is 4.74 Å². The van der Waals surface area contributed by atoms with Crippen molar-refractivity contribution in [2.45, 2.75) is 32.7 Å². The van der Waals surface area contributed by atoms with Gasteiger partial charge >= 0.3 is 0 Å². The molecule has 0 bridgehead atoms. The third-order valence-corrected chi connectivity index (χ3v) is 5.49. The van der Waals surface area contributed by atoms with Crippen molar-refractivity contribution in [1.29, 1.82) is 0 Å². The Hall–Kier alpha value is -1.35. The molecule has 0 saturated carbocycles. The van der Waals surface area contributed by atoms with Crippen LogP contribution in [0.25, 0.3) is 0 Å². The van der Waals surface area contributed by atoms with Gasteiger partial charge in [-0.2, -0.15) is 0 Å². The molecule has 3 rings (SSSR count). The lowest BCUT2D eigenvalue weighted by atomic mass is 9.82. The molecular weight excluding hydrogens is 330 g/mol. The first kappa shape index (κ1) is 18.4. The third kappa shape index (κ3) is 5.31. The smallest absolute Gasteiger partial charge is 0.0535 e. The zero-order valence-corrected chi connectivity index (χ0v) is 15.8. The summed E-state index contributed by atoms with van der Waals surface area (Å²) in [7, 11) is 0. The molecule has 0 spiro atoms. The van der Waals surface area contributed by atoms with Gasteiger partial charge in [0.1, 0.15) is 0 Å². The van der Waals surface area contributed by atoms with Crippen LogP contribution in [0.15, 0.2) is 54.6 Å². The molecule has 0 radical (unpaired) electrons. The number of aryl methyl sites for hydroxylation is 1. The van der Waals surface area contributed by atoms with Crippen LogP contribution < -0.4 is 0 Å². The summed E-state index contributed by atoms with van der Waals surface area (Å²) in [5, 5.41) is 0.804. The van der Waals surface area contributed by atoms with Crippen molar-refractivity contribution in [3.05, 3.63) is 70.7 Å². The van der Waals surface area contributed by atoms with Crippen molar-refractivity contribution in [3.8, 4) is 0 Å². The van der Waals surface area contributed by atoms with Gasteiger partial charge < -0.3 is 4.74 Å². The summed E-state index contributed by atoms with van der Waals surface area (Å²) in [4.78, 5) is 2.56. The predicted molar refractivity (Wildman–Crippen MR) is 105 cm³/mol. The Labute approximate surface area is 156 Å². The highest BCUT2D eigenvalue weighted by atomic mass is 35.5. The molecule has 1 saturated heterocycles. The molecule has 0 amide bonds. The minimum atomic E-state index is 0.276. The lowest BCUT2D eigenvalue weighted by molar-refractivity contribution is 0.0489. The largest absolute Gasteiger partial charge is 0.381 e. The number of rotatable bonds is 8. The fourth-order valence-electron chi connectivity index (χ4n) is 3.78. The predicted octanol–water partition coefficient (Wildman–Crippen LogP) is 5.20. The van der Waals surface area contributed by atoms with E-state index in [2.05, 4.69) is 54.3 Å². The molecule has 2 aromatic rings. The van der Waals surface area contributed by atoms with E-state index in [9.17, 15) is 0 Å². The van der Waals surface area contributed by atoms with Gasteiger partial charge in [0.15, 0.2) is 0 Å². The van der Waals surface area contributed by atoms with Gasteiger partial charge in [-0.3, -0.25) is 4.90 Å². The van der Waals surface area contributed by atoms with Crippen LogP contribution in [0.3, 0.4) is 0 Å². The SMILES string of the molecule is CCOC[C@@]1(CCc2ccccc2)CCN(Cc2ccc(Cl)cc2)C1. The molecule has 0 N–H and O–H groups in total. The Bertz CT molecular complexity index is 643. The number of benzene rings is 2. The second-order valence-electron chi connectivity index (χ2n) is 7.21. The molecule has 2 nitrogen and oxygen atoms in total. The minimum Gasteiger partial charge on any atom is -0.381 e. The molecule has 25 heavy (non-hydrogen) atoms. The molecule has 1 atom stereocenters. The van der Waals surface area contributed by atoms with E-state index in [1.165, 1.54) is 24.0 Å². The summed E-state index contributed by atoms with van der Waals surface area (Å²) in [6.45, 7) is 7.01. The molecule has 0 aliphatic carbocycles. The highest BCUT2D eigenvalue weighted by Gasteiger charge is 2.37. The van der Waals surface area contributed by atoms with Crippen molar-refractivity contribution >= 4 is 11.6 Å². The third-order valence-electron chi connectivity index (χ3n) is 5.24. The number of nitrogens with zero attached hydrogens (tertiary/aromatic N) is 1. The number of halogens is 1.